The van der Waals surface area contributed by atoms with Crippen LogP contribution in [0.15, 0.2) is 0 Å². The molecule has 0 radical (unpaired) electrons. The number of hydrogen-bond donors (Lipinski definition) is 1. The zero-order valence-corrected chi connectivity index (χ0v) is 13.1. The number of likely N-dealkylation sites (N-methyl/N-ethyl adjacent to an activating group) is 2. The van der Waals surface area contributed by atoms with Gasteiger partial charge in [0.15, 0.2) is 0 Å². The van der Waals surface area contributed by atoms with Crippen molar-refractivity contribution in [2.75, 3.05) is 59.9 Å². The van der Waals surface area contributed by atoms with Crippen molar-refractivity contribution in [3.63, 3.8) is 0 Å². The van der Waals surface area contributed by atoms with Crippen LogP contribution in [0.2, 0.25) is 0 Å². The van der Waals surface area contributed by atoms with Crippen molar-refractivity contribution < 1.29 is 0 Å². The maximum Gasteiger partial charge on any atom is 0.0347 e. The summed E-state index contributed by atoms with van der Waals surface area (Å²) < 4.78 is 0. The van der Waals surface area contributed by atoms with Crippen molar-refractivity contribution in [3.8, 4) is 0 Å². The lowest BCUT2D eigenvalue weighted by molar-refractivity contribution is 0.0724. The minimum Gasteiger partial charge on any atom is -0.314 e. The summed E-state index contributed by atoms with van der Waals surface area (Å²) in [6.07, 6.45) is 3.90. The fourth-order valence-electron chi connectivity index (χ4n) is 3.26. The number of nitrogens with zero attached hydrogens (tertiary/aromatic N) is 3. The number of piperazine rings is 1. The number of rotatable bonds is 5. The van der Waals surface area contributed by atoms with Gasteiger partial charge in [-0.05, 0) is 53.0 Å². The Labute approximate surface area is 119 Å². The van der Waals surface area contributed by atoms with E-state index in [0.717, 1.165) is 12.1 Å². The fraction of sp³-hybridized carbons (Fsp3) is 1.00. The molecule has 0 aromatic rings. The number of likely N-dealkylation sites (tertiary alicyclic amines) is 1. The molecule has 0 spiro atoms. The van der Waals surface area contributed by atoms with E-state index in [2.05, 4.69) is 41.0 Å². The number of piperidine rings is 1. The van der Waals surface area contributed by atoms with Crippen LogP contribution in [-0.4, -0.2) is 86.7 Å². The highest BCUT2D eigenvalue weighted by molar-refractivity contribution is 4.84. The van der Waals surface area contributed by atoms with Gasteiger partial charge in [-0.25, -0.2) is 0 Å². The molecule has 0 aromatic heterocycles. The van der Waals surface area contributed by atoms with Gasteiger partial charge in [0.2, 0.25) is 0 Å². The third kappa shape index (κ3) is 4.71. The van der Waals surface area contributed by atoms with Crippen LogP contribution in [0.4, 0.5) is 0 Å². The first-order valence-corrected chi connectivity index (χ1v) is 8.03. The van der Waals surface area contributed by atoms with Crippen LogP contribution in [-0.2, 0) is 0 Å². The lowest BCUT2D eigenvalue weighted by Gasteiger charge is -2.42. The Hall–Kier alpha value is -0.160. The van der Waals surface area contributed by atoms with E-state index in [-0.39, 0.29) is 0 Å². The minimum atomic E-state index is 0.721. The average molecular weight is 268 g/mol. The lowest BCUT2D eigenvalue weighted by Crippen LogP contribution is -2.55. The molecule has 2 fully saturated rings. The molecule has 2 aliphatic heterocycles. The average Bonchev–Trinajstić information content (AvgIpc) is 2.42. The fourth-order valence-corrected chi connectivity index (χ4v) is 3.26. The monoisotopic (exact) mass is 268 g/mol. The first-order valence-electron chi connectivity index (χ1n) is 8.03. The summed E-state index contributed by atoms with van der Waals surface area (Å²) in [6.45, 7) is 10.9. The van der Waals surface area contributed by atoms with Gasteiger partial charge in [0.1, 0.15) is 0 Å². The van der Waals surface area contributed by atoms with Crippen molar-refractivity contribution in [3.05, 3.63) is 0 Å². The Morgan fingerprint density at radius 1 is 1.05 bits per heavy atom. The molecule has 0 saturated carbocycles. The van der Waals surface area contributed by atoms with Crippen molar-refractivity contribution in [1.82, 2.24) is 20.0 Å². The molecule has 1 unspecified atom stereocenters. The smallest absolute Gasteiger partial charge is 0.0347 e. The highest BCUT2D eigenvalue weighted by Gasteiger charge is 2.26. The highest BCUT2D eigenvalue weighted by Crippen LogP contribution is 2.14. The third-order valence-corrected chi connectivity index (χ3v) is 4.72. The van der Waals surface area contributed by atoms with Gasteiger partial charge in [0.25, 0.3) is 0 Å². The molecule has 4 nitrogen and oxygen atoms in total. The second-order valence-electron chi connectivity index (χ2n) is 6.43. The Morgan fingerprint density at radius 3 is 2.47 bits per heavy atom. The van der Waals surface area contributed by atoms with Crippen LogP contribution in [0.3, 0.4) is 0 Å². The van der Waals surface area contributed by atoms with E-state index >= 15 is 0 Å². The zero-order valence-electron chi connectivity index (χ0n) is 13.1. The molecule has 0 aromatic carbocycles. The van der Waals surface area contributed by atoms with E-state index in [1.807, 2.05) is 0 Å². The second kappa shape index (κ2) is 7.58. The molecule has 0 amide bonds. The molecule has 2 aliphatic rings. The molecular weight excluding hydrogens is 236 g/mol. The van der Waals surface area contributed by atoms with E-state index in [4.69, 9.17) is 0 Å². The van der Waals surface area contributed by atoms with Gasteiger partial charge in [-0.15, -0.1) is 0 Å². The Kier molecular flexibility index (Phi) is 6.07. The van der Waals surface area contributed by atoms with Crippen LogP contribution in [0, 0.1) is 0 Å². The van der Waals surface area contributed by atoms with E-state index < -0.39 is 0 Å². The van der Waals surface area contributed by atoms with Gasteiger partial charge in [-0.1, -0.05) is 6.92 Å². The summed E-state index contributed by atoms with van der Waals surface area (Å²) in [5.74, 6) is 0. The molecule has 1 N–H and O–H groups in total. The molecule has 19 heavy (non-hydrogen) atoms. The summed E-state index contributed by atoms with van der Waals surface area (Å²) in [6, 6.07) is 1.49. The molecule has 4 heteroatoms. The molecule has 2 rings (SSSR count). The van der Waals surface area contributed by atoms with Crippen molar-refractivity contribution in [2.24, 2.45) is 0 Å². The Bertz CT molecular complexity index is 251. The minimum absolute atomic E-state index is 0.721. The quantitative estimate of drug-likeness (QED) is 0.792. The predicted molar refractivity (Wildman–Crippen MR) is 81.7 cm³/mol. The molecule has 0 aliphatic carbocycles. The first kappa shape index (κ1) is 15.2. The zero-order chi connectivity index (χ0) is 13.7. The van der Waals surface area contributed by atoms with Gasteiger partial charge in [-0.3, -0.25) is 4.90 Å². The first-order chi connectivity index (χ1) is 9.19. The van der Waals surface area contributed by atoms with Crippen LogP contribution >= 0.6 is 0 Å². The number of nitrogens with one attached hydrogen (secondary N) is 1. The van der Waals surface area contributed by atoms with Gasteiger partial charge < -0.3 is 15.1 Å². The van der Waals surface area contributed by atoms with E-state index in [1.54, 1.807) is 0 Å². The molecule has 112 valence electrons. The topological polar surface area (TPSA) is 21.8 Å². The standard InChI is InChI=1S/C15H32N4/c1-4-7-16-14-5-8-19(9-6-14)13-15-12-17(2)10-11-18(15)3/h14-16H,4-13H2,1-3H3. The maximum absolute atomic E-state index is 3.67. The normalized spacial score (nSPS) is 28.9. The van der Waals surface area contributed by atoms with Crippen LogP contribution in [0.1, 0.15) is 26.2 Å². The van der Waals surface area contributed by atoms with Crippen LogP contribution in [0.5, 0.6) is 0 Å². The van der Waals surface area contributed by atoms with Crippen molar-refractivity contribution in [1.29, 1.82) is 0 Å². The van der Waals surface area contributed by atoms with Gasteiger partial charge in [0, 0.05) is 38.3 Å². The number of hydrogen-bond acceptors (Lipinski definition) is 4. The van der Waals surface area contributed by atoms with Crippen LogP contribution < -0.4 is 5.32 Å². The van der Waals surface area contributed by atoms with E-state index in [0.29, 0.717) is 0 Å². The van der Waals surface area contributed by atoms with Gasteiger partial charge >= 0.3 is 0 Å². The molecular formula is C15H32N4. The summed E-state index contributed by atoms with van der Waals surface area (Å²) in [5.41, 5.74) is 0. The lowest BCUT2D eigenvalue weighted by atomic mass is 10.0. The SMILES string of the molecule is CCCNC1CCN(CC2CN(C)CCN2C)CC1. The summed E-state index contributed by atoms with van der Waals surface area (Å²) in [7, 11) is 4.54. The molecule has 2 saturated heterocycles. The summed E-state index contributed by atoms with van der Waals surface area (Å²) >= 11 is 0. The van der Waals surface area contributed by atoms with E-state index in [1.165, 1.54) is 65.1 Å². The third-order valence-electron chi connectivity index (χ3n) is 4.72. The summed E-state index contributed by atoms with van der Waals surface area (Å²) in [5, 5.41) is 3.67. The maximum atomic E-state index is 3.67. The molecule has 2 heterocycles. The molecule has 0 bridgehead atoms. The molecule has 1 atom stereocenters. The van der Waals surface area contributed by atoms with Crippen LogP contribution in [0.25, 0.3) is 0 Å². The Balaban J connectivity index is 1.69. The predicted octanol–water partition coefficient (Wildman–Crippen LogP) is 0.696. The van der Waals surface area contributed by atoms with Crippen molar-refractivity contribution in [2.45, 2.75) is 38.3 Å². The Morgan fingerprint density at radius 2 is 1.79 bits per heavy atom. The second-order valence-corrected chi connectivity index (χ2v) is 6.43. The largest absolute Gasteiger partial charge is 0.314 e. The van der Waals surface area contributed by atoms with Crippen molar-refractivity contribution >= 4 is 0 Å². The van der Waals surface area contributed by atoms with E-state index in [9.17, 15) is 0 Å². The van der Waals surface area contributed by atoms with Gasteiger partial charge in [0.05, 0.1) is 0 Å². The van der Waals surface area contributed by atoms with Gasteiger partial charge in [-0.2, -0.15) is 0 Å². The summed E-state index contributed by atoms with van der Waals surface area (Å²) in [4.78, 5) is 7.69. The highest BCUT2D eigenvalue weighted by atomic mass is 15.3.